The van der Waals surface area contributed by atoms with Gasteiger partial charge in [-0.25, -0.2) is 9.37 Å². The van der Waals surface area contributed by atoms with E-state index in [1.807, 2.05) is 6.07 Å². The lowest BCUT2D eigenvalue weighted by Crippen LogP contribution is -2.48. The van der Waals surface area contributed by atoms with Crippen molar-refractivity contribution in [2.45, 2.75) is 6.92 Å². The number of carbonyl (C=O) groups is 1. The minimum absolute atomic E-state index is 0.112. The smallest absolute Gasteiger partial charge is 0.254 e. The average molecular weight is 355 g/mol. The number of amides is 1. The molecule has 0 N–H and O–H groups in total. The molecule has 0 radical (unpaired) electrons. The van der Waals surface area contributed by atoms with Gasteiger partial charge in [-0.15, -0.1) is 0 Å². The Labute approximate surface area is 149 Å². The van der Waals surface area contributed by atoms with Crippen molar-refractivity contribution >= 4 is 32.6 Å². The lowest BCUT2D eigenvalue weighted by Gasteiger charge is -2.34. The van der Waals surface area contributed by atoms with E-state index < -0.39 is 0 Å². The van der Waals surface area contributed by atoms with E-state index in [1.165, 1.54) is 22.4 Å². The van der Waals surface area contributed by atoms with Crippen LogP contribution in [0, 0.1) is 12.7 Å². The molecule has 1 aliphatic heterocycles. The van der Waals surface area contributed by atoms with Gasteiger partial charge in [0.05, 0.1) is 10.2 Å². The molecule has 0 bridgehead atoms. The Morgan fingerprint density at radius 1 is 1.12 bits per heavy atom. The van der Waals surface area contributed by atoms with Gasteiger partial charge in [-0.2, -0.15) is 0 Å². The molecule has 1 amide bonds. The van der Waals surface area contributed by atoms with Crippen LogP contribution in [0.25, 0.3) is 10.2 Å². The van der Waals surface area contributed by atoms with Crippen molar-refractivity contribution in [2.75, 3.05) is 31.1 Å². The third-order valence-electron chi connectivity index (χ3n) is 4.44. The minimum Gasteiger partial charge on any atom is -0.345 e. The van der Waals surface area contributed by atoms with E-state index in [2.05, 4.69) is 24.0 Å². The summed E-state index contributed by atoms with van der Waals surface area (Å²) in [5, 5.41) is 0.999. The first-order chi connectivity index (χ1) is 12.1. The maximum atomic E-state index is 13.3. The van der Waals surface area contributed by atoms with E-state index in [-0.39, 0.29) is 11.7 Å². The summed E-state index contributed by atoms with van der Waals surface area (Å²) in [7, 11) is 0. The first-order valence-corrected chi connectivity index (χ1v) is 9.09. The summed E-state index contributed by atoms with van der Waals surface area (Å²) in [4.78, 5) is 21.2. The third-order valence-corrected chi connectivity index (χ3v) is 5.52. The van der Waals surface area contributed by atoms with Gasteiger partial charge in [-0.05, 0) is 42.8 Å². The lowest BCUT2D eigenvalue weighted by molar-refractivity contribution is 0.0746. The minimum atomic E-state index is -0.380. The molecule has 0 spiro atoms. The first-order valence-electron chi connectivity index (χ1n) is 8.27. The predicted octanol–water partition coefficient (Wildman–Crippen LogP) is 3.71. The van der Waals surface area contributed by atoms with E-state index in [1.54, 1.807) is 28.4 Å². The number of hydrogen-bond donors (Lipinski definition) is 0. The zero-order valence-corrected chi connectivity index (χ0v) is 14.7. The molecule has 25 heavy (non-hydrogen) atoms. The number of hydrogen-bond acceptors (Lipinski definition) is 4. The summed E-state index contributed by atoms with van der Waals surface area (Å²) in [5.74, 6) is -0.492. The maximum Gasteiger partial charge on any atom is 0.254 e. The van der Waals surface area contributed by atoms with Crippen LogP contribution in [0.4, 0.5) is 9.52 Å². The Morgan fingerprint density at radius 3 is 2.68 bits per heavy atom. The summed E-state index contributed by atoms with van der Waals surface area (Å²) >= 11 is 1.69. The van der Waals surface area contributed by atoms with Gasteiger partial charge in [-0.3, -0.25) is 4.79 Å². The number of anilines is 1. The van der Waals surface area contributed by atoms with Crippen LogP contribution < -0.4 is 4.90 Å². The van der Waals surface area contributed by atoms with Gasteiger partial charge in [0.25, 0.3) is 5.91 Å². The average Bonchev–Trinajstić information content (AvgIpc) is 3.04. The van der Waals surface area contributed by atoms with Crippen molar-refractivity contribution < 1.29 is 9.18 Å². The van der Waals surface area contributed by atoms with Crippen LogP contribution in [0.3, 0.4) is 0 Å². The van der Waals surface area contributed by atoms with E-state index in [0.717, 1.165) is 23.7 Å². The van der Waals surface area contributed by atoms with Crippen LogP contribution in [-0.2, 0) is 0 Å². The fourth-order valence-corrected chi connectivity index (χ4v) is 4.18. The fraction of sp³-hybridized carbons (Fsp3) is 0.263. The van der Waals surface area contributed by atoms with Crippen LogP contribution in [0.15, 0.2) is 42.5 Å². The molecule has 2 aromatic carbocycles. The Morgan fingerprint density at radius 2 is 1.92 bits per heavy atom. The quantitative estimate of drug-likeness (QED) is 0.703. The second kappa shape index (κ2) is 6.44. The Kier molecular flexibility index (Phi) is 4.13. The number of piperazine rings is 1. The number of thiazole rings is 1. The molecule has 0 atom stereocenters. The Bertz CT molecular complexity index is 931. The van der Waals surface area contributed by atoms with Gasteiger partial charge in [0.1, 0.15) is 5.82 Å². The number of benzene rings is 2. The van der Waals surface area contributed by atoms with Crippen LogP contribution in [0.1, 0.15) is 15.9 Å². The highest BCUT2D eigenvalue weighted by molar-refractivity contribution is 7.22. The summed E-state index contributed by atoms with van der Waals surface area (Å²) in [5.41, 5.74) is 2.65. The zero-order valence-electron chi connectivity index (χ0n) is 13.9. The summed E-state index contributed by atoms with van der Waals surface area (Å²) in [6.07, 6.45) is 0. The van der Waals surface area contributed by atoms with E-state index >= 15 is 0 Å². The highest BCUT2D eigenvalue weighted by Gasteiger charge is 2.24. The van der Waals surface area contributed by atoms with Crippen LogP contribution >= 0.6 is 11.3 Å². The van der Waals surface area contributed by atoms with Gasteiger partial charge < -0.3 is 9.80 Å². The number of nitrogens with zero attached hydrogens (tertiary/aromatic N) is 3. The summed E-state index contributed by atoms with van der Waals surface area (Å²) < 4.78 is 14.5. The maximum absolute atomic E-state index is 13.3. The van der Waals surface area contributed by atoms with Gasteiger partial charge in [0.2, 0.25) is 0 Å². The molecule has 0 aliphatic carbocycles. The molecule has 1 aliphatic rings. The molecule has 1 fully saturated rings. The predicted molar refractivity (Wildman–Crippen MR) is 98.9 cm³/mol. The first kappa shape index (κ1) is 16.0. The van der Waals surface area contributed by atoms with E-state index in [9.17, 15) is 9.18 Å². The number of aryl methyl sites for hydroxylation is 1. The normalized spacial score (nSPS) is 15.0. The molecule has 0 saturated carbocycles. The Hall–Kier alpha value is -2.47. The molecule has 1 saturated heterocycles. The van der Waals surface area contributed by atoms with Crippen molar-refractivity contribution in [3.63, 3.8) is 0 Å². The third kappa shape index (κ3) is 3.22. The van der Waals surface area contributed by atoms with Crippen molar-refractivity contribution in [3.8, 4) is 0 Å². The van der Waals surface area contributed by atoms with Gasteiger partial charge in [0.15, 0.2) is 5.13 Å². The largest absolute Gasteiger partial charge is 0.345 e. The molecule has 4 nitrogen and oxygen atoms in total. The molecule has 128 valence electrons. The highest BCUT2D eigenvalue weighted by Crippen LogP contribution is 2.30. The molecule has 2 heterocycles. The Balaban J connectivity index is 1.46. The van der Waals surface area contributed by atoms with Crippen molar-refractivity contribution in [3.05, 3.63) is 59.4 Å². The number of fused-ring (bicyclic) bond motifs is 1. The molecule has 6 heteroatoms. The summed E-state index contributed by atoms with van der Waals surface area (Å²) in [6.45, 7) is 4.78. The summed E-state index contributed by atoms with van der Waals surface area (Å²) in [6, 6.07) is 12.2. The second-order valence-corrected chi connectivity index (χ2v) is 7.27. The SMILES string of the molecule is Cc1ccc2nc(N3CCN(C(=O)c4cccc(F)c4)CC3)sc2c1. The van der Waals surface area contributed by atoms with Crippen LogP contribution in [0.2, 0.25) is 0 Å². The number of carbonyl (C=O) groups excluding carboxylic acids is 1. The van der Waals surface area contributed by atoms with Crippen LogP contribution in [-0.4, -0.2) is 42.0 Å². The van der Waals surface area contributed by atoms with Gasteiger partial charge >= 0.3 is 0 Å². The van der Waals surface area contributed by atoms with E-state index in [0.29, 0.717) is 18.7 Å². The van der Waals surface area contributed by atoms with Crippen molar-refractivity contribution in [1.29, 1.82) is 0 Å². The number of aromatic nitrogens is 1. The van der Waals surface area contributed by atoms with E-state index in [4.69, 9.17) is 4.98 Å². The topological polar surface area (TPSA) is 36.4 Å². The number of halogens is 1. The zero-order chi connectivity index (χ0) is 17.4. The highest BCUT2D eigenvalue weighted by atomic mass is 32.1. The van der Waals surface area contributed by atoms with Gasteiger partial charge in [-0.1, -0.05) is 23.5 Å². The molecular weight excluding hydrogens is 337 g/mol. The fourth-order valence-electron chi connectivity index (χ4n) is 3.06. The molecule has 1 aromatic heterocycles. The number of rotatable bonds is 2. The standard InChI is InChI=1S/C19H18FN3OS/c1-13-5-6-16-17(11-13)25-19(21-16)23-9-7-22(8-10-23)18(24)14-3-2-4-15(20)12-14/h2-6,11-12H,7-10H2,1H3. The molecular formula is C19H18FN3OS. The van der Waals surface area contributed by atoms with Crippen LogP contribution in [0.5, 0.6) is 0 Å². The second-order valence-electron chi connectivity index (χ2n) is 6.26. The van der Waals surface area contributed by atoms with Crippen molar-refractivity contribution in [1.82, 2.24) is 9.88 Å². The monoisotopic (exact) mass is 355 g/mol. The molecule has 4 rings (SSSR count). The molecule has 3 aromatic rings. The lowest BCUT2D eigenvalue weighted by atomic mass is 10.2. The molecule has 0 unspecified atom stereocenters. The van der Waals surface area contributed by atoms with Crippen molar-refractivity contribution in [2.24, 2.45) is 0 Å². The van der Waals surface area contributed by atoms with Gasteiger partial charge in [0, 0.05) is 31.7 Å².